The molecule has 0 spiro atoms. The van der Waals surface area contributed by atoms with Crippen LogP contribution in [0, 0.1) is 6.07 Å². The van der Waals surface area contributed by atoms with Crippen molar-refractivity contribution in [3.8, 4) is 0 Å². The first-order valence-corrected chi connectivity index (χ1v) is 4.71. The largest absolute Gasteiger partial charge is 0.397 e. The molecular formula is C10H14N3O. The molecule has 3 N–H and O–H groups in total. The van der Waals surface area contributed by atoms with Gasteiger partial charge in [-0.1, -0.05) is 6.07 Å². The molecule has 4 heteroatoms. The third-order valence-corrected chi connectivity index (χ3v) is 2.19. The molecule has 1 aromatic carbocycles. The van der Waals surface area contributed by atoms with Gasteiger partial charge >= 0.3 is 0 Å². The van der Waals surface area contributed by atoms with Crippen molar-refractivity contribution in [2.45, 2.75) is 0 Å². The summed E-state index contributed by atoms with van der Waals surface area (Å²) in [6, 6.07) is 8.46. The van der Waals surface area contributed by atoms with Gasteiger partial charge in [-0.15, -0.1) is 0 Å². The average Bonchev–Trinajstić information content (AvgIpc) is 2.23. The average molecular weight is 192 g/mol. The number of ether oxygens (including phenoxy) is 1. The van der Waals surface area contributed by atoms with Crippen LogP contribution in [0.1, 0.15) is 0 Å². The number of benzene rings is 1. The first-order chi connectivity index (χ1) is 6.86. The third-order valence-electron chi connectivity index (χ3n) is 2.19. The zero-order chi connectivity index (χ0) is 9.80. The maximum atomic E-state index is 5.79. The van der Waals surface area contributed by atoms with E-state index < -0.39 is 0 Å². The minimum atomic E-state index is 0.721. The van der Waals surface area contributed by atoms with Crippen molar-refractivity contribution in [1.29, 1.82) is 0 Å². The summed E-state index contributed by atoms with van der Waals surface area (Å²) in [5, 5.41) is 2.11. The van der Waals surface area contributed by atoms with E-state index in [9.17, 15) is 0 Å². The highest BCUT2D eigenvalue weighted by Gasteiger charge is 2.10. The van der Waals surface area contributed by atoms with Crippen LogP contribution >= 0.6 is 0 Å². The van der Waals surface area contributed by atoms with Crippen molar-refractivity contribution < 1.29 is 4.74 Å². The van der Waals surface area contributed by atoms with Crippen molar-refractivity contribution in [3.63, 3.8) is 0 Å². The molecule has 0 aliphatic carbocycles. The van der Waals surface area contributed by atoms with Gasteiger partial charge in [0.15, 0.2) is 0 Å². The van der Waals surface area contributed by atoms with Gasteiger partial charge in [0.2, 0.25) is 0 Å². The topological polar surface area (TPSA) is 50.5 Å². The molecule has 0 unspecified atom stereocenters. The molecule has 1 aliphatic heterocycles. The molecule has 0 amide bonds. The fourth-order valence-electron chi connectivity index (χ4n) is 1.39. The number of morpholine rings is 1. The predicted molar refractivity (Wildman–Crippen MR) is 55.7 cm³/mol. The molecule has 0 saturated carbocycles. The lowest BCUT2D eigenvalue weighted by Gasteiger charge is -2.28. The van der Waals surface area contributed by atoms with Crippen LogP contribution in [0.25, 0.3) is 0 Å². The lowest BCUT2D eigenvalue weighted by atomic mass is 10.3. The molecular weight excluding hydrogens is 178 g/mol. The molecule has 14 heavy (non-hydrogen) atoms. The summed E-state index contributed by atoms with van der Waals surface area (Å²) in [4.78, 5) is 0. The van der Waals surface area contributed by atoms with Crippen molar-refractivity contribution in [2.24, 2.45) is 0 Å². The van der Waals surface area contributed by atoms with Crippen molar-refractivity contribution in [1.82, 2.24) is 5.01 Å². The second-order valence-electron chi connectivity index (χ2n) is 3.22. The van der Waals surface area contributed by atoms with Crippen LogP contribution in [0.3, 0.4) is 0 Å². The van der Waals surface area contributed by atoms with Crippen LogP contribution in [-0.2, 0) is 4.74 Å². The summed E-state index contributed by atoms with van der Waals surface area (Å²) in [6.45, 7) is 3.31. The highest BCUT2D eigenvalue weighted by atomic mass is 16.5. The van der Waals surface area contributed by atoms with Gasteiger partial charge in [-0.25, -0.2) is 5.01 Å². The van der Waals surface area contributed by atoms with E-state index in [1.165, 1.54) is 0 Å². The first kappa shape index (κ1) is 9.30. The van der Waals surface area contributed by atoms with E-state index in [0.717, 1.165) is 37.7 Å². The number of hydrazine groups is 1. The number of anilines is 2. The Labute approximate surface area is 83.6 Å². The molecule has 1 aromatic rings. The lowest BCUT2D eigenvalue weighted by molar-refractivity contribution is 0.0497. The molecule has 1 heterocycles. The Kier molecular flexibility index (Phi) is 2.86. The van der Waals surface area contributed by atoms with Crippen LogP contribution in [0.4, 0.5) is 11.4 Å². The molecule has 0 aromatic heterocycles. The van der Waals surface area contributed by atoms with E-state index in [-0.39, 0.29) is 0 Å². The molecule has 1 saturated heterocycles. The van der Waals surface area contributed by atoms with Crippen LogP contribution in [0.5, 0.6) is 0 Å². The lowest BCUT2D eigenvalue weighted by Crippen LogP contribution is -2.40. The summed E-state index contributed by atoms with van der Waals surface area (Å²) < 4.78 is 5.25. The van der Waals surface area contributed by atoms with Crippen LogP contribution in [0.2, 0.25) is 0 Å². The predicted octanol–water partition coefficient (Wildman–Crippen LogP) is 0.728. The standard InChI is InChI=1S/C10H14N3O/c11-9-3-1-2-4-10(9)12-13-5-7-14-8-6-13/h2-4,12H,5-8,11H2. The number of nitrogen functional groups attached to an aromatic ring is 1. The normalized spacial score (nSPS) is 18.0. The highest BCUT2D eigenvalue weighted by Crippen LogP contribution is 2.17. The SMILES string of the molecule is Nc1c[c]ccc1NN1CCOCC1. The van der Waals surface area contributed by atoms with Gasteiger partial charge in [-0.3, -0.25) is 0 Å². The molecule has 1 fully saturated rings. The minimum absolute atomic E-state index is 0.721. The zero-order valence-corrected chi connectivity index (χ0v) is 7.99. The molecule has 1 aliphatic rings. The van der Waals surface area contributed by atoms with Crippen molar-refractivity contribution >= 4 is 11.4 Å². The van der Waals surface area contributed by atoms with Crippen LogP contribution in [-0.4, -0.2) is 31.3 Å². The maximum absolute atomic E-state index is 5.79. The Morgan fingerprint density at radius 3 is 2.93 bits per heavy atom. The van der Waals surface area contributed by atoms with Gasteiger partial charge in [0.25, 0.3) is 0 Å². The maximum Gasteiger partial charge on any atom is 0.0720 e. The number of hydrogen-bond acceptors (Lipinski definition) is 4. The van der Waals surface area contributed by atoms with Gasteiger partial charge in [0.05, 0.1) is 24.6 Å². The second kappa shape index (κ2) is 4.30. The van der Waals surface area contributed by atoms with Gasteiger partial charge < -0.3 is 15.9 Å². The van der Waals surface area contributed by atoms with Crippen LogP contribution < -0.4 is 11.2 Å². The molecule has 0 bridgehead atoms. The summed E-state index contributed by atoms with van der Waals surface area (Å²) in [7, 11) is 0. The Balaban J connectivity index is 1.99. The van der Waals surface area contributed by atoms with Gasteiger partial charge in [-0.2, -0.15) is 0 Å². The van der Waals surface area contributed by atoms with Gasteiger partial charge in [0.1, 0.15) is 0 Å². The van der Waals surface area contributed by atoms with Crippen molar-refractivity contribution in [2.75, 3.05) is 37.5 Å². The number of nitrogens with zero attached hydrogens (tertiary/aromatic N) is 1. The molecule has 75 valence electrons. The number of nitrogens with two attached hydrogens (primary N) is 1. The van der Waals surface area contributed by atoms with E-state index in [2.05, 4.69) is 16.5 Å². The van der Waals surface area contributed by atoms with Crippen molar-refractivity contribution in [3.05, 3.63) is 24.3 Å². The fraction of sp³-hybridized carbons (Fsp3) is 0.400. The molecule has 1 radical (unpaired) electrons. The molecule has 0 atom stereocenters. The summed E-state index contributed by atoms with van der Waals surface area (Å²) >= 11 is 0. The third kappa shape index (κ3) is 2.16. The van der Waals surface area contributed by atoms with Gasteiger partial charge in [0, 0.05) is 13.1 Å². The Morgan fingerprint density at radius 2 is 2.21 bits per heavy atom. The number of hydrogen-bond donors (Lipinski definition) is 2. The van der Waals surface area contributed by atoms with E-state index in [0.29, 0.717) is 0 Å². The number of rotatable bonds is 2. The molecule has 2 rings (SSSR count). The zero-order valence-electron chi connectivity index (χ0n) is 7.99. The monoisotopic (exact) mass is 192 g/mol. The summed E-state index contributed by atoms with van der Waals surface area (Å²) in [5.74, 6) is 0. The Hall–Kier alpha value is -1.26. The highest BCUT2D eigenvalue weighted by molar-refractivity contribution is 5.64. The summed E-state index contributed by atoms with van der Waals surface area (Å²) in [5.41, 5.74) is 10.7. The minimum Gasteiger partial charge on any atom is -0.397 e. The van der Waals surface area contributed by atoms with E-state index >= 15 is 0 Å². The second-order valence-corrected chi connectivity index (χ2v) is 3.22. The smallest absolute Gasteiger partial charge is 0.0720 e. The Bertz CT molecular complexity index is 297. The first-order valence-electron chi connectivity index (χ1n) is 4.71. The van der Waals surface area contributed by atoms with E-state index in [1.54, 1.807) is 6.07 Å². The number of nitrogens with one attached hydrogen (secondary N) is 1. The van der Waals surface area contributed by atoms with E-state index in [4.69, 9.17) is 10.5 Å². The Morgan fingerprint density at radius 1 is 1.43 bits per heavy atom. The van der Waals surface area contributed by atoms with Gasteiger partial charge in [-0.05, 0) is 18.2 Å². The molecule has 4 nitrogen and oxygen atoms in total. The fourth-order valence-corrected chi connectivity index (χ4v) is 1.39. The quantitative estimate of drug-likeness (QED) is 0.678. The van der Waals surface area contributed by atoms with E-state index in [1.807, 2.05) is 12.1 Å². The summed E-state index contributed by atoms with van der Waals surface area (Å²) in [6.07, 6.45) is 0. The van der Waals surface area contributed by atoms with Crippen LogP contribution in [0.15, 0.2) is 18.2 Å².